The van der Waals surface area contributed by atoms with E-state index in [1.54, 1.807) is 24.3 Å². The molecule has 0 aliphatic rings. The molecule has 0 saturated carbocycles. The molecule has 0 saturated heterocycles. The van der Waals surface area contributed by atoms with Crippen LogP contribution >= 0.6 is 15.9 Å². The van der Waals surface area contributed by atoms with E-state index in [-0.39, 0.29) is 5.91 Å². The van der Waals surface area contributed by atoms with Crippen molar-refractivity contribution in [2.45, 2.75) is 58.3 Å². The summed E-state index contributed by atoms with van der Waals surface area (Å²) in [6.45, 7) is 2.20. The van der Waals surface area contributed by atoms with E-state index in [2.05, 4.69) is 33.4 Å². The van der Waals surface area contributed by atoms with Gasteiger partial charge in [-0.2, -0.15) is 5.10 Å². The summed E-state index contributed by atoms with van der Waals surface area (Å²) >= 11 is 3.41. The molecule has 0 unspecified atom stereocenters. The fourth-order valence-electron chi connectivity index (χ4n) is 3.06. The van der Waals surface area contributed by atoms with E-state index in [4.69, 9.17) is 4.74 Å². The molecule has 0 aromatic heterocycles. The van der Waals surface area contributed by atoms with Crippen LogP contribution in [0, 0.1) is 0 Å². The molecule has 1 N–H and O–H groups in total. The van der Waals surface area contributed by atoms with Crippen molar-refractivity contribution >= 4 is 40.1 Å². The number of esters is 1. The Kier molecular flexibility index (Phi) is 12.1. The molecule has 0 radical (unpaired) electrons. The van der Waals surface area contributed by atoms with Crippen LogP contribution in [0.2, 0.25) is 0 Å². The van der Waals surface area contributed by atoms with Crippen molar-refractivity contribution in [3.63, 3.8) is 0 Å². The van der Waals surface area contributed by atoms with Crippen molar-refractivity contribution in [2.24, 2.45) is 5.10 Å². The lowest BCUT2D eigenvalue weighted by molar-refractivity contribution is -0.129. The fraction of sp³-hybridized carbons (Fsp3) is 0.346. The molecule has 0 fully saturated rings. The van der Waals surface area contributed by atoms with Gasteiger partial charge in [0.2, 0.25) is 5.91 Å². The highest BCUT2D eigenvalue weighted by Gasteiger charge is 2.07. The highest BCUT2D eigenvalue weighted by molar-refractivity contribution is 9.10. The van der Waals surface area contributed by atoms with Crippen LogP contribution in [-0.4, -0.2) is 18.1 Å². The zero-order valence-electron chi connectivity index (χ0n) is 18.6. The molecule has 2 aromatic rings. The molecule has 6 heteroatoms. The van der Waals surface area contributed by atoms with Gasteiger partial charge in [-0.25, -0.2) is 10.2 Å². The topological polar surface area (TPSA) is 67.8 Å². The van der Waals surface area contributed by atoms with Gasteiger partial charge in [0.15, 0.2) is 0 Å². The number of nitrogens with zero attached hydrogens (tertiary/aromatic N) is 1. The van der Waals surface area contributed by atoms with E-state index in [9.17, 15) is 9.59 Å². The van der Waals surface area contributed by atoms with Crippen LogP contribution in [0.1, 0.15) is 69.4 Å². The van der Waals surface area contributed by atoms with Gasteiger partial charge in [-0.3, -0.25) is 4.79 Å². The molecule has 2 aromatic carbocycles. The highest BCUT2D eigenvalue weighted by atomic mass is 79.9. The summed E-state index contributed by atoms with van der Waals surface area (Å²) in [5.74, 6) is -0.246. The van der Waals surface area contributed by atoms with E-state index in [0.29, 0.717) is 17.7 Å². The molecule has 170 valence electrons. The lowest BCUT2D eigenvalue weighted by Gasteiger charge is -2.06. The third-order valence-electron chi connectivity index (χ3n) is 4.79. The van der Waals surface area contributed by atoms with Gasteiger partial charge >= 0.3 is 5.97 Å². The van der Waals surface area contributed by atoms with Gasteiger partial charge in [-0.15, -0.1) is 0 Å². The number of nitrogens with one attached hydrogen (secondary N) is 1. The Balaban J connectivity index is 1.83. The first kappa shape index (κ1) is 25.5. The number of ether oxygens (including phenoxy) is 1. The molecular formula is C26H31BrN2O3. The number of carbonyl (C=O) groups is 2. The lowest BCUT2D eigenvalue weighted by atomic mass is 10.1. The van der Waals surface area contributed by atoms with E-state index in [1.165, 1.54) is 44.4 Å². The lowest BCUT2D eigenvalue weighted by Crippen LogP contribution is -2.17. The number of benzene rings is 2. The zero-order valence-corrected chi connectivity index (χ0v) is 20.1. The van der Waals surface area contributed by atoms with Crippen LogP contribution in [0.15, 0.2) is 64.2 Å². The molecule has 0 aliphatic heterocycles. The quantitative estimate of drug-likeness (QED) is 0.0837. The summed E-state index contributed by atoms with van der Waals surface area (Å²) in [6.07, 6.45) is 13.1. The van der Waals surface area contributed by atoms with Gasteiger partial charge in [0.05, 0.1) is 6.21 Å². The molecule has 0 spiro atoms. The average Bonchev–Trinajstić information content (AvgIpc) is 2.79. The van der Waals surface area contributed by atoms with Crippen molar-refractivity contribution < 1.29 is 14.3 Å². The predicted octanol–water partition coefficient (Wildman–Crippen LogP) is 6.66. The summed E-state index contributed by atoms with van der Waals surface area (Å²) in [7, 11) is 0. The molecule has 2 rings (SSSR count). The molecule has 32 heavy (non-hydrogen) atoms. The Labute approximate surface area is 199 Å². The van der Waals surface area contributed by atoms with Crippen LogP contribution in [0.5, 0.6) is 5.75 Å². The summed E-state index contributed by atoms with van der Waals surface area (Å²) < 4.78 is 6.26. The number of unbranched alkanes of at least 4 members (excludes halogenated alkanes) is 6. The SMILES string of the molecule is CCCCCCCCCC(=O)NN=Cc1cc(Br)ccc1OC(=O)C=Cc1ccccc1. The standard InChI is InChI=1S/C26H31BrN2O3/c1-2-3-4-5-6-7-11-14-25(30)29-28-20-22-19-23(27)16-17-24(22)32-26(31)18-15-21-12-9-8-10-13-21/h8-10,12-13,15-20H,2-7,11,14H2,1H3,(H,29,30). The van der Waals surface area contributed by atoms with Gasteiger partial charge in [0.1, 0.15) is 5.75 Å². The van der Waals surface area contributed by atoms with Gasteiger partial charge in [-0.05, 0) is 36.3 Å². The molecule has 1 amide bonds. The van der Waals surface area contributed by atoms with Crippen LogP contribution < -0.4 is 10.2 Å². The van der Waals surface area contributed by atoms with Crippen molar-refractivity contribution in [3.05, 3.63) is 70.2 Å². The minimum atomic E-state index is -0.492. The number of hydrazone groups is 1. The second-order valence-corrected chi connectivity index (χ2v) is 8.43. The van der Waals surface area contributed by atoms with Gasteiger partial charge in [-0.1, -0.05) is 91.7 Å². The van der Waals surface area contributed by atoms with E-state index in [1.807, 2.05) is 30.3 Å². The third kappa shape index (κ3) is 10.5. The molecular weight excluding hydrogens is 468 g/mol. The maximum absolute atomic E-state index is 12.2. The number of rotatable bonds is 13. The van der Waals surface area contributed by atoms with E-state index in [0.717, 1.165) is 22.9 Å². The van der Waals surface area contributed by atoms with Crippen molar-refractivity contribution in [3.8, 4) is 5.75 Å². The van der Waals surface area contributed by atoms with Gasteiger partial charge < -0.3 is 4.74 Å². The zero-order chi connectivity index (χ0) is 23.0. The van der Waals surface area contributed by atoms with Crippen LogP contribution in [0.3, 0.4) is 0 Å². The summed E-state index contributed by atoms with van der Waals surface area (Å²) in [5.41, 5.74) is 4.04. The smallest absolute Gasteiger partial charge is 0.336 e. The summed E-state index contributed by atoms with van der Waals surface area (Å²) in [5, 5.41) is 4.03. The normalized spacial score (nSPS) is 11.2. The number of hydrogen-bond acceptors (Lipinski definition) is 4. The van der Waals surface area contributed by atoms with Crippen LogP contribution in [-0.2, 0) is 9.59 Å². The van der Waals surface area contributed by atoms with Crippen molar-refractivity contribution in [1.29, 1.82) is 0 Å². The maximum Gasteiger partial charge on any atom is 0.336 e. The minimum Gasteiger partial charge on any atom is -0.423 e. The van der Waals surface area contributed by atoms with Crippen molar-refractivity contribution in [2.75, 3.05) is 0 Å². The highest BCUT2D eigenvalue weighted by Crippen LogP contribution is 2.22. The predicted molar refractivity (Wildman–Crippen MR) is 134 cm³/mol. The largest absolute Gasteiger partial charge is 0.423 e. The maximum atomic E-state index is 12.2. The molecule has 0 aliphatic carbocycles. The minimum absolute atomic E-state index is 0.117. The fourth-order valence-corrected chi connectivity index (χ4v) is 3.44. The molecule has 5 nitrogen and oxygen atoms in total. The Morgan fingerprint density at radius 3 is 2.47 bits per heavy atom. The number of hydrogen-bond donors (Lipinski definition) is 1. The van der Waals surface area contributed by atoms with Gasteiger partial charge in [0, 0.05) is 22.5 Å². The summed E-state index contributed by atoms with van der Waals surface area (Å²) in [6, 6.07) is 14.7. The van der Waals surface area contributed by atoms with Crippen LogP contribution in [0.25, 0.3) is 6.08 Å². The molecule has 0 atom stereocenters. The molecule has 0 heterocycles. The summed E-state index contributed by atoms with van der Waals surface area (Å²) in [4.78, 5) is 24.2. The first-order valence-corrected chi connectivity index (χ1v) is 11.9. The Hall–Kier alpha value is -2.73. The van der Waals surface area contributed by atoms with Gasteiger partial charge in [0.25, 0.3) is 0 Å². The van der Waals surface area contributed by atoms with E-state index < -0.39 is 5.97 Å². The second kappa shape index (κ2) is 15.1. The Bertz CT molecular complexity index is 911. The number of carbonyl (C=O) groups excluding carboxylic acids is 2. The van der Waals surface area contributed by atoms with Crippen molar-refractivity contribution in [1.82, 2.24) is 5.43 Å². The monoisotopic (exact) mass is 498 g/mol. The first-order chi connectivity index (χ1) is 15.6. The Morgan fingerprint density at radius 2 is 1.72 bits per heavy atom. The van der Waals surface area contributed by atoms with E-state index >= 15 is 0 Å². The number of amides is 1. The average molecular weight is 499 g/mol. The second-order valence-electron chi connectivity index (χ2n) is 7.51. The Morgan fingerprint density at radius 1 is 1.00 bits per heavy atom. The first-order valence-electron chi connectivity index (χ1n) is 11.1. The number of halogens is 1. The third-order valence-corrected chi connectivity index (χ3v) is 5.29. The van der Waals surface area contributed by atoms with Crippen LogP contribution in [0.4, 0.5) is 0 Å². The molecule has 0 bridgehead atoms.